The molecule has 0 bridgehead atoms. The molecule has 22 heavy (non-hydrogen) atoms. The minimum absolute atomic E-state index is 0.0910. The number of amides is 1. The van der Waals surface area contributed by atoms with Crippen molar-refractivity contribution < 1.29 is 17.7 Å². The Morgan fingerprint density at radius 2 is 2.23 bits per heavy atom. The van der Waals surface area contributed by atoms with Gasteiger partial charge in [-0.1, -0.05) is 19.0 Å². The van der Waals surface area contributed by atoms with Crippen molar-refractivity contribution in [3.05, 3.63) is 11.7 Å². The first-order valence-electron chi connectivity index (χ1n) is 7.26. The molecule has 0 aliphatic carbocycles. The van der Waals surface area contributed by atoms with Crippen molar-refractivity contribution >= 4 is 15.7 Å². The van der Waals surface area contributed by atoms with Gasteiger partial charge in [0.05, 0.1) is 24.6 Å². The van der Waals surface area contributed by atoms with Crippen molar-refractivity contribution in [2.24, 2.45) is 0 Å². The number of carbonyl (C=O) groups is 1. The first-order chi connectivity index (χ1) is 10.3. The van der Waals surface area contributed by atoms with Crippen LogP contribution in [-0.2, 0) is 21.2 Å². The Kier molecular flexibility index (Phi) is 5.17. The predicted octanol–water partition coefficient (Wildman–Crippen LogP) is -0.0719. The van der Waals surface area contributed by atoms with Crippen LogP contribution in [0.15, 0.2) is 4.52 Å². The molecule has 1 aliphatic rings. The normalized spacial score (nSPS) is 20.7. The van der Waals surface area contributed by atoms with Crippen LogP contribution in [0.25, 0.3) is 0 Å². The highest BCUT2D eigenvalue weighted by atomic mass is 32.2. The number of hydrogen-bond donors (Lipinski definition) is 1. The fourth-order valence-corrected chi connectivity index (χ4v) is 4.09. The van der Waals surface area contributed by atoms with Crippen LogP contribution in [-0.4, -0.2) is 60.5 Å². The van der Waals surface area contributed by atoms with Gasteiger partial charge in [0.25, 0.3) is 0 Å². The van der Waals surface area contributed by atoms with Gasteiger partial charge in [-0.05, 0) is 13.5 Å². The summed E-state index contributed by atoms with van der Waals surface area (Å²) in [6.07, 6.45) is 0.577. The quantitative estimate of drug-likeness (QED) is 0.778. The van der Waals surface area contributed by atoms with E-state index < -0.39 is 9.84 Å². The summed E-state index contributed by atoms with van der Waals surface area (Å²) in [6.45, 7) is 4.23. The molecule has 2 rings (SSSR count). The van der Waals surface area contributed by atoms with Gasteiger partial charge in [-0.3, -0.25) is 9.69 Å². The van der Waals surface area contributed by atoms with Gasteiger partial charge in [0.2, 0.25) is 11.8 Å². The maximum Gasteiger partial charge on any atom is 0.246 e. The van der Waals surface area contributed by atoms with Gasteiger partial charge in [0, 0.05) is 12.0 Å². The van der Waals surface area contributed by atoms with Crippen LogP contribution >= 0.6 is 0 Å². The number of carbonyl (C=O) groups excluding carboxylic acids is 1. The average Bonchev–Trinajstić information content (AvgIpc) is 3.02. The van der Waals surface area contributed by atoms with Crippen LogP contribution in [0.3, 0.4) is 0 Å². The molecular formula is C13H22N4O4S. The number of aromatic nitrogens is 2. The SMILES string of the molecule is CC(C)c1noc(CNC(=O)CN(C)C2CCS(=O)(=O)C2)n1. The molecule has 124 valence electrons. The number of likely N-dealkylation sites (N-methyl/N-ethyl adjacent to an activating group) is 1. The smallest absolute Gasteiger partial charge is 0.246 e. The van der Waals surface area contributed by atoms with Gasteiger partial charge in [0.15, 0.2) is 15.7 Å². The third-order valence-electron chi connectivity index (χ3n) is 3.66. The Labute approximate surface area is 130 Å². The average molecular weight is 330 g/mol. The highest BCUT2D eigenvalue weighted by Crippen LogP contribution is 2.16. The van der Waals surface area contributed by atoms with Crippen LogP contribution in [0.4, 0.5) is 0 Å². The Hall–Kier alpha value is -1.48. The molecule has 1 fully saturated rings. The zero-order valence-electron chi connectivity index (χ0n) is 13.1. The molecule has 0 spiro atoms. The molecule has 1 unspecified atom stereocenters. The van der Waals surface area contributed by atoms with Crippen LogP contribution in [0, 0.1) is 0 Å². The summed E-state index contributed by atoms with van der Waals surface area (Å²) in [5.41, 5.74) is 0. The van der Waals surface area contributed by atoms with E-state index in [0.29, 0.717) is 18.1 Å². The molecule has 1 aliphatic heterocycles. The van der Waals surface area contributed by atoms with Crippen molar-refractivity contribution in [1.82, 2.24) is 20.4 Å². The third-order valence-corrected chi connectivity index (χ3v) is 5.41. The van der Waals surface area contributed by atoms with E-state index in [-0.39, 0.29) is 42.5 Å². The number of nitrogens with zero attached hydrogens (tertiary/aromatic N) is 3. The molecule has 1 amide bonds. The first-order valence-corrected chi connectivity index (χ1v) is 9.09. The molecule has 9 heteroatoms. The molecule has 8 nitrogen and oxygen atoms in total. The lowest BCUT2D eigenvalue weighted by atomic mass is 10.2. The summed E-state index contributed by atoms with van der Waals surface area (Å²) in [6, 6.07) is -0.0910. The second kappa shape index (κ2) is 6.74. The van der Waals surface area contributed by atoms with Crippen LogP contribution < -0.4 is 5.32 Å². The molecular weight excluding hydrogens is 308 g/mol. The van der Waals surface area contributed by atoms with Gasteiger partial charge in [0.1, 0.15) is 0 Å². The number of sulfone groups is 1. The summed E-state index contributed by atoms with van der Waals surface area (Å²) >= 11 is 0. The summed E-state index contributed by atoms with van der Waals surface area (Å²) in [7, 11) is -1.19. The lowest BCUT2D eigenvalue weighted by Gasteiger charge is -2.21. The second-order valence-corrected chi connectivity index (χ2v) is 8.18. The van der Waals surface area contributed by atoms with Crippen molar-refractivity contribution in [2.75, 3.05) is 25.1 Å². The molecule has 2 heterocycles. The van der Waals surface area contributed by atoms with Crippen LogP contribution in [0.1, 0.15) is 37.9 Å². The Morgan fingerprint density at radius 1 is 1.50 bits per heavy atom. The van der Waals surface area contributed by atoms with E-state index in [1.165, 1.54) is 0 Å². The third kappa shape index (κ3) is 4.51. The van der Waals surface area contributed by atoms with Crippen molar-refractivity contribution in [3.63, 3.8) is 0 Å². The van der Waals surface area contributed by atoms with E-state index in [9.17, 15) is 13.2 Å². The van der Waals surface area contributed by atoms with E-state index in [1.807, 2.05) is 13.8 Å². The fourth-order valence-electron chi connectivity index (χ4n) is 2.28. The molecule has 0 radical (unpaired) electrons. The minimum atomic E-state index is -2.94. The maximum atomic E-state index is 11.9. The zero-order valence-corrected chi connectivity index (χ0v) is 13.9. The molecule has 0 aromatic carbocycles. The van der Waals surface area contributed by atoms with Crippen LogP contribution in [0.5, 0.6) is 0 Å². The summed E-state index contributed by atoms with van der Waals surface area (Å²) < 4.78 is 27.9. The fraction of sp³-hybridized carbons (Fsp3) is 0.769. The Balaban J connectivity index is 1.77. The molecule has 1 atom stereocenters. The summed E-state index contributed by atoms with van der Waals surface area (Å²) in [5.74, 6) is 1.27. The number of nitrogens with one attached hydrogen (secondary N) is 1. The molecule has 0 saturated carbocycles. The highest BCUT2D eigenvalue weighted by molar-refractivity contribution is 7.91. The number of hydrogen-bond acceptors (Lipinski definition) is 7. The van der Waals surface area contributed by atoms with E-state index in [1.54, 1.807) is 11.9 Å². The second-order valence-electron chi connectivity index (χ2n) is 5.95. The standard InChI is InChI=1S/C13H22N4O4S/c1-9(2)13-15-12(21-16-13)6-14-11(18)7-17(3)10-4-5-22(19,20)8-10/h9-10H,4-8H2,1-3H3,(H,14,18). The van der Waals surface area contributed by atoms with Gasteiger partial charge >= 0.3 is 0 Å². The van der Waals surface area contributed by atoms with E-state index >= 15 is 0 Å². The van der Waals surface area contributed by atoms with Gasteiger partial charge < -0.3 is 9.84 Å². The van der Waals surface area contributed by atoms with E-state index in [2.05, 4.69) is 15.5 Å². The van der Waals surface area contributed by atoms with Gasteiger partial charge in [-0.25, -0.2) is 8.42 Å². The topological polar surface area (TPSA) is 105 Å². The van der Waals surface area contributed by atoms with Crippen LogP contribution in [0.2, 0.25) is 0 Å². The van der Waals surface area contributed by atoms with Crippen molar-refractivity contribution in [2.45, 2.75) is 38.8 Å². The molecule has 1 N–H and O–H groups in total. The van der Waals surface area contributed by atoms with Gasteiger partial charge in [-0.15, -0.1) is 0 Å². The zero-order chi connectivity index (χ0) is 16.3. The number of rotatable bonds is 6. The minimum Gasteiger partial charge on any atom is -0.346 e. The Morgan fingerprint density at radius 3 is 2.77 bits per heavy atom. The van der Waals surface area contributed by atoms with E-state index in [0.717, 1.165) is 0 Å². The largest absolute Gasteiger partial charge is 0.346 e. The Bertz CT molecular complexity index is 626. The maximum absolute atomic E-state index is 11.9. The van der Waals surface area contributed by atoms with E-state index in [4.69, 9.17) is 4.52 Å². The van der Waals surface area contributed by atoms with Gasteiger partial charge in [-0.2, -0.15) is 4.98 Å². The summed E-state index contributed by atoms with van der Waals surface area (Å²) in [4.78, 5) is 17.8. The lowest BCUT2D eigenvalue weighted by Crippen LogP contribution is -2.41. The molecule has 1 aromatic heterocycles. The molecule has 1 aromatic rings. The lowest BCUT2D eigenvalue weighted by molar-refractivity contribution is -0.122. The highest BCUT2D eigenvalue weighted by Gasteiger charge is 2.31. The monoisotopic (exact) mass is 330 g/mol. The van der Waals surface area contributed by atoms with Crippen molar-refractivity contribution in [1.29, 1.82) is 0 Å². The summed E-state index contributed by atoms with van der Waals surface area (Å²) in [5, 5.41) is 6.52. The molecule has 1 saturated heterocycles. The first kappa shape index (κ1) is 16.9. The van der Waals surface area contributed by atoms with Crippen molar-refractivity contribution in [3.8, 4) is 0 Å². The predicted molar refractivity (Wildman–Crippen MR) is 79.9 cm³/mol.